The van der Waals surface area contributed by atoms with E-state index >= 15 is 0 Å². The first-order chi connectivity index (χ1) is 6.52. The van der Waals surface area contributed by atoms with Gasteiger partial charge >= 0.3 is 0 Å². The van der Waals surface area contributed by atoms with Gasteiger partial charge in [0, 0.05) is 0 Å². The second-order valence-corrected chi connectivity index (χ2v) is 8.68. The van der Waals surface area contributed by atoms with Gasteiger partial charge in [0.05, 0.1) is 10.8 Å². The lowest BCUT2D eigenvalue weighted by atomic mass is 9.89. The molecule has 0 amide bonds. The van der Waals surface area contributed by atoms with E-state index in [0.29, 0.717) is 12.8 Å². The number of sulfone groups is 1. The summed E-state index contributed by atoms with van der Waals surface area (Å²) in [5.74, 6) is 0. The second kappa shape index (κ2) is 2.98. The molecule has 1 fully saturated rings. The van der Waals surface area contributed by atoms with Crippen LogP contribution >= 0.6 is 0 Å². The van der Waals surface area contributed by atoms with Crippen LogP contribution in [0.1, 0.15) is 47.5 Å². The number of nitriles is 1. The average molecular weight is 229 g/mol. The standard InChI is InChI=1S/C11H19NO2S/c1-9(2,3)11(6-7-11)15(13,14)10(4,5)8-12/h6-7H2,1-5H3. The summed E-state index contributed by atoms with van der Waals surface area (Å²) in [6, 6.07) is 1.91. The van der Waals surface area contributed by atoms with Gasteiger partial charge in [0.25, 0.3) is 0 Å². The number of hydrogen-bond donors (Lipinski definition) is 0. The van der Waals surface area contributed by atoms with Gasteiger partial charge in [0.1, 0.15) is 0 Å². The molecular formula is C11H19NO2S. The highest BCUT2D eigenvalue weighted by Crippen LogP contribution is 2.58. The van der Waals surface area contributed by atoms with Crippen molar-refractivity contribution in [3.8, 4) is 6.07 Å². The number of hydrogen-bond acceptors (Lipinski definition) is 3. The van der Waals surface area contributed by atoms with E-state index in [2.05, 4.69) is 0 Å². The van der Waals surface area contributed by atoms with E-state index in [9.17, 15) is 8.42 Å². The SMILES string of the molecule is CC(C)(C)C1(S(=O)(=O)C(C)(C)C#N)CC1. The molecule has 0 N–H and O–H groups in total. The molecular weight excluding hydrogens is 210 g/mol. The molecule has 0 bridgehead atoms. The molecule has 0 aromatic rings. The smallest absolute Gasteiger partial charge is 0.174 e. The molecule has 0 unspecified atom stereocenters. The highest BCUT2D eigenvalue weighted by atomic mass is 32.2. The van der Waals surface area contributed by atoms with Crippen LogP contribution in [0, 0.1) is 16.7 Å². The molecule has 1 aliphatic carbocycles. The molecule has 0 atom stereocenters. The molecule has 1 rings (SSSR count). The molecule has 0 aromatic heterocycles. The van der Waals surface area contributed by atoms with E-state index in [1.807, 2.05) is 26.8 Å². The van der Waals surface area contributed by atoms with Crippen molar-refractivity contribution in [2.24, 2.45) is 5.41 Å². The van der Waals surface area contributed by atoms with Gasteiger partial charge in [-0.05, 0) is 32.1 Å². The van der Waals surface area contributed by atoms with Crippen LogP contribution in [0.4, 0.5) is 0 Å². The lowest BCUT2D eigenvalue weighted by molar-refractivity contribution is 0.358. The Morgan fingerprint density at radius 1 is 1.13 bits per heavy atom. The molecule has 0 aliphatic heterocycles. The van der Waals surface area contributed by atoms with Gasteiger partial charge in [0.15, 0.2) is 14.6 Å². The van der Waals surface area contributed by atoms with Crippen molar-refractivity contribution in [3.63, 3.8) is 0 Å². The van der Waals surface area contributed by atoms with Crippen LogP contribution in [0.5, 0.6) is 0 Å². The number of nitrogens with zero attached hydrogens (tertiary/aromatic N) is 1. The average Bonchev–Trinajstić information content (AvgIpc) is 2.81. The summed E-state index contributed by atoms with van der Waals surface area (Å²) in [5.41, 5.74) is -0.292. The Morgan fingerprint density at radius 2 is 1.53 bits per heavy atom. The summed E-state index contributed by atoms with van der Waals surface area (Å²) in [5, 5.41) is 8.96. The molecule has 0 spiro atoms. The summed E-state index contributed by atoms with van der Waals surface area (Å²) in [7, 11) is -3.40. The summed E-state index contributed by atoms with van der Waals surface area (Å²) in [6.07, 6.45) is 1.37. The Balaban J connectivity index is 3.28. The lowest BCUT2D eigenvalue weighted by Crippen LogP contribution is -2.46. The molecule has 86 valence electrons. The van der Waals surface area contributed by atoms with Crippen LogP contribution < -0.4 is 0 Å². The van der Waals surface area contributed by atoms with Crippen LogP contribution in [0.3, 0.4) is 0 Å². The predicted octanol–water partition coefficient (Wildman–Crippen LogP) is 2.28. The predicted molar refractivity (Wildman–Crippen MR) is 60.0 cm³/mol. The van der Waals surface area contributed by atoms with Crippen LogP contribution in [-0.2, 0) is 9.84 Å². The minimum atomic E-state index is -3.40. The Bertz CT molecular complexity index is 403. The van der Waals surface area contributed by atoms with Crippen molar-refractivity contribution in [1.82, 2.24) is 0 Å². The van der Waals surface area contributed by atoms with Crippen molar-refractivity contribution in [2.75, 3.05) is 0 Å². The Morgan fingerprint density at radius 3 is 1.73 bits per heavy atom. The van der Waals surface area contributed by atoms with E-state index in [4.69, 9.17) is 5.26 Å². The van der Waals surface area contributed by atoms with Gasteiger partial charge in [-0.3, -0.25) is 0 Å². The van der Waals surface area contributed by atoms with Gasteiger partial charge in [-0.2, -0.15) is 5.26 Å². The van der Waals surface area contributed by atoms with Gasteiger partial charge in [-0.1, -0.05) is 20.8 Å². The largest absolute Gasteiger partial charge is 0.227 e. The molecule has 3 nitrogen and oxygen atoms in total. The van der Waals surface area contributed by atoms with Gasteiger partial charge in [-0.15, -0.1) is 0 Å². The molecule has 4 heteroatoms. The molecule has 15 heavy (non-hydrogen) atoms. The molecule has 1 saturated carbocycles. The fraction of sp³-hybridized carbons (Fsp3) is 0.909. The Kier molecular flexibility index (Phi) is 2.48. The van der Waals surface area contributed by atoms with E-state index in [1.54, 1.807) is 0 Å². The number of rotatable bonds is 2. The fourth-order valence-corrected chi connectivity index (χ4v) is 4.63. The zero-order valence-electron chi connectivity index (χ0n) is 10.1. The summed E-state index contributed by atoms with van der Waals surface area (Å²) in [6.45, 7) is 8.79. The Labute approximate surface area is 92.4 Å². The first-order valence-corrected chi connectivity index (χ1v) is 6.66. The zero-order valence-corrected chi connectivity index (χ0v) is 10.9. The Hall–Kier alpha value is -0.560. The van der Waals surface area contributed by atoms with Crippen molar-refractivity contribution in [3.05, 3.63) is 0 Å². The third kappa shape index (κ3) is 1.48. The van der Waals surface area contributed by atoms with Crippen molar-refractivity contribution >= 4 is 9.84 Å². The first-order valence-electron chi connectivity index (χ1n) is 5.17. The van der Waals surface area contributed by atoms with Crippen molar-refractivity contribution in [1.29, 1.82) is 5.26 Å². The monoisotopic (exact) mass is 229 g/mol. The maximum absolute atomic E-state index is 12.4. The van der Waals surface area contributed by atoms with E-state index < -0.39 is 19.3 Å². The molecule has 0 heterocycles. The summed E-state index contributed by atoms with van der Waals surface area (Å²) in [4.78, 5) is 0. The summed E-state index contributed by atoms with van der Waals surface area (Å²) < 4.78 is 22.8. The third-order valence-electron chi connectivity index (χ3n) is 3.53. The summed E-state index contributed by atoms with van der Waals surface area (Å²) >= 11 is 0. The molecule has 0 saturated heterocycles. The maximum atomic E-state index is 12.4. The lowest BCUT2D eigenvalue weighted by Gasteiger charge is -2.34. The van der Waals surface area contributed by atoms with Crippen LogP contribution in [-0.4, -0.2) is 17.9 Å². The van der Waals surface area contributed by atoms with Crippen LogP contribution in [0.25, 0.3) is 0 Å². The van der Waals surface area contributed by atoms with E-state index in [1.165, 1.54) is 13.8 Å². The minimum absolute atomic E-state index is 0.292. The maximum Gasteiger partial charge on any atom is 0.174 e. The van der Waals surface area contributed by atoms with Gasteiger partial charge in [0.2, 0.25) is 0 Å². The van der Waals surface area contributed by atoms with Crippen LogP contribution in [0.2, 0.25) is 0 Å². The highest BCUT2D eigenvalue weighted by molar-refractivity contribution is 7.94. The molecule has 0 radical (unpaired) electrons. The van der Waals surface area contributed by atoms with Gasteiger partial charge in [-0.25, -0.2) is 8.42 Å². The first kappa shape index (κ1) is 12.5. The highest BCUT2D eigenvalue weighted by Gasteiger charge is 2.65. The van der Waals surface area contributed by atoms with Crippen molar-refractivity contribution < 1.29 is 8.42 Å². The third-order valence-corrected chi connectivity index (χ3v) is 7.01. The fourth-order valence-electron chi connectivity index (χ4n) is 2.08. The topological polar surface area (TPSA) is 57.9 Å². The van der Waals surface area contributed by atoms with Crippen LogP contribution in [0.15, 0.2) is 0 Å². The van der Waals surface area contributed by atoms with Crippen molar-refractivity contribution in [2.45, 2.75) is 57.0 Å². The normalized spacial score (nSPS) is 20.8. The minimum Gasteiger partial charge on any atom is -0.227 e. The quantitative estimate of drug-likeness (QED) is 0.730. The zero-order chi connectivity index (χ0) is 12.1. The second-order valence-electron chi connectivity index (χ2n) is 5.87. The van der Waals surface area contributed by atoms with E-state index in [-0.39, 0.29) is 5.41 Å². The molecule has 1 aliphatic rings. The van der Waals surface area contributed by atoms with Gasteiger partial charge < -0.3 is 0 Å². The van der Waals surface area contributed by atoms with E-state index in [0.717, 1.165) is 0 Å². The molecule has 0 aromatic carbocycles.